The van der Waals surface area contributed by atoms with Gasteiger partial charge in [-0.25, -0.2) is 4.79 Å². The van der Waals surface area contributed by atoms with Crippen molar-refractivity contribution in [1.82, 2.24) is 0 Å². The van der Waals surface area contributed by atoms with E-state index in [4.69, 9.17) is 10.2 Å². The molecule has 0 aliphatic heterocycles. The van der Waals surface area contributed by atoms with E-state index in [2.05, 4.69) is 0 Å². The summed E-state index contributed by atoms with van der Waals surface area (Å²) in [6.45, 7) is 1.61. The molecule has 0 spiro atoms. The highest BCUT2D eigenvalue weighted by molar-refractivity contribution is 5.85. The van der Waals surface area contributed by atoms with Crippen molar-refractivity contribution < 1.29 is 9.52 Å². The minimum absolute atomic E-state index is 0. The van der Waals surface area contributed by atoms with Gasteiger partial charge < -0.3 is 15.3 Å². The van der Waals surface area contributed by atoms with Crippen LogP contribution in [0.3, 0.4) is 0 Å². The molecule has 4 nitrogen and oxygen atoms in total. The summed E-state index contributed by atoms with van der Waals surface area (Å²) >= 11 is 0. The lowest BCUT2D eigenvalue weighted by atomic mass is 10.1. The van der Waals surface area contributed by atoms with E-state index >= 15 is 0 Å². The number of hydrogen-bond acceptors (Lipinski definition) is 4. The van der Waals surface area contributed by atoms with Crippen LogP contribution in [0.25, 0.3) is 11.1 Å². The third-order valence-corrected chi connectivity index (χ3v) is 2.25. The molecule has 0 atom stereocenters. The molecule has 0 saturated heterocycles. The van der Waals surface area contributed by atoms with Crippen molar-refractivity contribution in [2.75, 3.05) is 5.73 Å². The molecule has 1 heterocycles. The molecule has 1 aromatic carbocycles. The molecule has 90 valence electrons. The molecule has 1 aromatic heterocycles. The van der Waals surface area contributed by atoms with E-state index < -0.39 is 5.63 Å². The molecule has 0 aliphatic rings. The summed E-state index contributed by atoms with van der Waals surface area (Å²) in [6.07, 6.45) is 0. The van der Waals surface area contributed by atoms with Gasteiger partial charge in [0, 0.05) is 11.8 Å². The number of anilines is 1. The number of rotatable bonds is 1. The molecule has 2 aromatic rings. The lowest BCUT2D eigenvalue weighted by molar-refractivity contribution is 0.438. The highest BCUT2D eigenvalue weighted by Gasteiger charge is 2.11. The van der Waals surface area contributed by atoms with Gasteiger partial charge >= 0.3 is 5.63 Å². The van der Waals surface area contributed by atoms with E-state index in [1.165, 1.54) is 6.07 Å². The molecule has 0 aliphatic carbocycles. The molecule has 0 bridgehead atoms. The standard InChI is InChI=1S/C12H11NO3.ClH/c1-7-6-10(14)11(12(15)16-7)8-2-4-9(13)5-3-8;/h2-6,14H,13H2,1H3;1H. The molecule has 17 heavy (non-hydrogen) atoms. The lowest BCUT2D eigenvalue weighted by Crippen LogP contribution is -2.03. The second-order valence-corrected chi connectivity index (χ2v) is 3.53. The van der Waals surface area contributed by atoms with Gasteiger partial charge in [-0.15, -0.1) is 12.4 Å². The van der Waals surface area contributed by atoms with E-state index in [0.717, 1.165) is 0 Å². The van der Waals surface area contributed by atoms with E-state index in [-0.39, 0.29) is 23.7 Å². The molecule has 0 amide bonds. The van der Waals surface area contributed by atoms with Crippen molar-refractivity contribution in [3.8, 4) is 16.9 Å². The summed E-state index contributed by atoms with van der Waals surface area (Å²) in [6, 6.07) is 8.06. The van der Waals surface area contributed by atoms with Gasteiger partial charge in [0.25, 0.3) is 0 Å². The van der Waals surface area contributed by atoms with Crippen LogP contribution >= 0.6 is 12.4 Å². The Morgan fingerprint density at radius 1 is 1.24 bits per heavy atom. The zero-order chi connectivity index (χ0) is 11.7. The molecular formula is C12H12ClNO3. The summed E-state index contributed by atoms with van der Waals surface area (Å²) in [5.74, 6) is 0.292. The zero-order valence-corrected chi connectivity index (χ0v) is 9.95. The molecular weight excluding hydrogens is 242 g/mol. The predicted molar refractivity (Wildman–Crippen MR) is 68.5 cm³/mol. The fourth-order valence-corrected chi connectivity index (χ4v) is 1.51. The number of nitrogen functional groups attached to an aromatic ring is 1. The van der Waals surface area contributed by atoms with Gasteiger partial charge in [-0.05, 0) is 24.6 Å². The van der Waals surface area contributed by atoms with E-state index in [9.17, 15) is 9.90 Å². The Balaban J connectivity index is 0.00000144. The molecule has 2 rings (SSSR count). The van der Waals surface area contributed by atoms with Gasteiger partial charge in [-0.2, -0.15) is 0 Å². The van der Waals surface area contributed by atoms with E-state index in [1.54, 1.807) is 31.2 Å². The smallest absolute Gasteiger partial charge is 0.347 e. The Morgan fingerprint density at radius 2 is 1.82 bits per heavy atom. The van der Waals surface area contributed by atoms with Crippen molar-refractivity contribution in [2.45, 2.75) is 6.92 Å². The topological polar surface area (TPSA) is 76.5 Å². The second-order valence-electron chi connectivity index (χ2n) is 3.53. The summed E-state index contributed by atoms with van der Waals surface area (Å²) in [5, 5.41) is 9.70. The number of aromatic hydroxyl groups is 1. The third-order valence-electron chi connectivity index (χ3n) is 2.25. The Bertz CT molecular complexity index is 575. The Morgan fingerprint density at radius 3 is 2.35 bits per heavy atom. The van der Waals surface area contributed by atoms with Crippen LogP contribution in [-0.2, 0) is 0 Å². The number of benzene rings is 1. The average molecular weight is 254 g/mol. The van der Waals surface area contributed by atoms with Crippen LogP contribution in [-0.4, -0.2) is 5.11 Å². The fraction of sp³-hybridized carbons (Fsp3) is 0.0833. The fourth-order valence-electron chi connectivity index (χ4n) is 1.51. The van der Waals surface area contributed by atoms with Crippen molar-refractivity contribution in [1.29, 1.82) is 0 Å². The molecule has 3 N–H and O–H groups in total. The van der Waals surface area contributed by atoms with Crippen molar-refractivity contribution in [3.63, 3.8) is 0 Å². The van der Waals surface area contributed by atoms with Crippen LogP contribution < -0.4 is 11.4 Å². The zero-order valence-electron chi connectivity index (χ0n) is 9.14. The van der Waals surface area contributed by atoms with Crippen LogP contribution in [0.15, 0.2) is 39.5 Å². The highest BCUT2D eigenvalue weighted by Crippen LogP contribution is 2.26. The Labute approximate surface area is 104 Å². The average Bonchev–Trinajstić information content (AvgIpc) is 2.19. The van der Waals surface area contributed by atoms with Gasteiger partial charge in [-0.3, -0.25) is 0 Å². The van der Waals surface area contributed by atoms with Crippen LogP contribution in [0.4, 0.5) is 5.69 Å². The Hall–Kier alpha value is -1.94. The first-order valence-electron chi connectivity index (χ1n) is 4.77. The highest BCUT2D eigenvalue weighted by atomic mass is 35.5. The van der Waals surface area contributed by atoms with Gasteiger partial charge in [0.2, 0.25) is 0 Å². The van der Waals surface area contributed by atoms with Gasteiger partial charge in [0.05, 0.1) is 0 Å². The summed E-state index contributed by atoms with van der Waals surface area (Å²) < 4.78 is 4.93. The molecule has 0 unspecified atom stereocenters. The van der Waals surface area contributed by atoms with E-state index in [1.807, 2.05) is 0 Å². The van der Waals surface area contributed by atoms with Crippen LogP contribution in [0.1, 0.15) is 5.76 Å². The SMILES string of the molecule is Cc1cc(O)c(-c2ccc(N)cc2)c(=O)o1.Cl. The summed E-state index contributed by atoms with van der Waals surface area (Å²) in [4.78, 5) is 11.6. The predicted octanol–water partition coefficient (Wildman–Crippen LogP) is 2.32. The molecule has 0 radical (unpaired) electrons. The maximum absolute atomic E-state index is 11.6. The van der Waals surface area contributed by atoms with Crippen LogP contribution in [0.5, 0.6) is 5.75 Å². The largest absolute Gasteiger partial charge is 0.507 e. The quantitative estimate of drug-likeness (QED) is 0.765. The van der Waals surface area contributed by atoms with Gasteiger partial charge in [-0.1, -0.05) is 12.1 Å². The minimum Gasteiger partial charge on any atom is -0.507 e. The van der Waals surface area contributed by atoms with E-state index in [0.29, 0.717) is 17.0 Å². The van der Waals surface area contributed by atoms with Crippen molar-refractivity contribution in [2.24, 2.45) is 0 Å². The number of halogens is 1. The first-order valence-corrected chi connectivity index (χ1v) is 4.77. The Kier molecular flexibility index (Phi) is 3.81. The van der Waals surface area contributed by atoms with Gasteiger partial charge in [0.15, 0.2) is 0 Å². The monoisotopic (exact) mass is 253 g/mol. The van der Waals surface area contributed by atoms with Crippen LogP contribution in [0, 0.1) is 6.92 Å². The molecule has 0 saturated carbocycles. The maximum atomic E-state index is 11.6. The number of hydrogen-bond donors (Lipinski definition) is 2. The first kappa shape index (κ1) is 13.1. The van der Waals surface area contributed by atoms with Gasteiger partial charge in [0.1, 0.15) is 17.1 Å². The normalized spacial score (nSPS) is 9.71. The summed E-state index contributed by atoms with van der Waals surface area (Å²) in [7, 11) is 0. The third kappa shape index (κ3) is 2.60. The lowest BCUT2D eigenvalue weighted by Gasteiger charge is -2.04. The number of aryl methyl sites for hydroxylation is 1. The van der Waals surface area contributed by atoms with Crippen LogP contribution in [0.2, 0.25) is 0 Å². The first-order chi connectivity index (χ1) is 7.58. The second kappa shape index (κ2) is 4.93. The maximum Gasteiger partial charge on any atom is 0.347 e. The number of nitrogens with two attached hydrogens (primary N) is 1. The molecule has 0 fully saturated rings. The minimum atomic E-state index is -0.553. The van der Waals surface area contributed by atoms with Crippen molar-refractivity contribution in [3.05, 3.63) is 46.5 Å². The van der Waals surface area contributed by atoms with Crippen molar-refractivity contribution >= 4 is 18.1 Å². The molecule has 5 heteroatoms. The summed E-state index contributed by atoms with van der Waals surface area (Å²) in [5.41, 5.74) is 6.33.